The van der Waals surface area contributed by atoms with Crippen LogP contribution in [0.1, 0.15) is 19.8 Å². The maximum Gasteiger partial charge on any atom is 0.278 e. The van der Waals surface area contributed by atoms with Gasteiger partial charge in [0.25, 0.3) is 5.56 Å². The molecule has 2 heterocycles. The number of rotatable bonds is 5. The molecule has 7 nitrogen and oxygen atoms in total. The predicted octanol–water partition coefficient (Wildman–Crippen LogP) is 0.640. The highest BCUT2D eigenvalue weighted by molar-refractivity contribution is 5.78. The van der Waals surface area contributed by atoms with Crippen LogP contribution in [0.4, 0.5) is 0 Å². The number of piperidine rings is 1. The summed E-state index contributed by atoms with van der Waals surface area (Å²) in [6.07, 6.45) is 2.50. The third kappa shape index (κ3) is 3.97. The molecule has 1 N–H and O–H groups in total. The zero-order valence-corrected chi connectivity index (χ0v) is 13.9. The Morgan fingerprint density at radius 1 is 1.38 bits per heavy atom. The summed E-state index contributed by atoms with van der Waals surface area (Å²) in [5, 5.41) is 11.2. The SMILES string of the molecule is CC1CCCN(CCNC(=O)Cn2nnc3ccccc3c2=O)C1. The van der Waals surface area contributed by atoms with E-state index in [4.69, 9.17) is 0 Å². The molecule has 1 atom stereocenters. The first-order valence-electron chi connectivity index (χ1n) is 8.45. The average molecular weight is 329 g/mol. The number of aromatic nitrogens is 3. The van der Waals surface area contributed by atoms with Gasteiger partial charge in [0, 0.05) is 19.6 Å². The van der Waals surface area contributed by atoms with Gasteiger partial charge in [0.1, 0.15) is 12.1 Å². The third-order valence-electron chi connectivity index (χ3n) is 4.41. The van der Waals surface area contributed by atoms with E-state index in [1.165, 1.54) is 12.8 Å². The highest BCUT2D eigenvalue weighted by Crippen LogP contribution is 2.14. The van der Waals surface area contributed by atoms with Gasteiger partial charge in [0.05, 0.1) is 5.39 Å². The van der Waals surface area contributed by atoms with Crippen molar-refractivity contribution >= 4 is 16.8 Å². The van der Waals surface area contributed by atoms with Crippen LogP contribution in [0.25, 0.3) is 10.9 Å². The maximum atomic E-state index is 12.3. The van der Waals surface area contributed by atoms with Crippen molar-refractivity contribution in [2.75, 3.05) is 26.2 Å². The van der Waals surface area contributed by atoms with Gasteiger partial charge >= 0.3 is 0 Å². The number of nitrogens with zero attached hydrogens (tertiary/aromatic N) is 4. The van der Waals surface area contributed by atoms with Crippen LogP contribution in [0.15, 0.2) is 29.1 Å². The van der Waals surface area contributed by atoms with Crippen molar-refractivity contribution in [1.82, 2.24) is 25.2 Å². The lowest BCUT2D eigenvalue weighted by atomic mass is 10.0. The van der Waals surface area contributed by atoms with E-state index in [9.17, 15) is 9.59 Å². The Bertz CT molecular complexity index is 773. The Labute approximate surface area is 140 Å². The highest BCUT2D eigenvalue weighted by Gasteiger charge is 2.16. The van der Waals surface area contributed by atoms with E-state index in [1.807, 2.05) is 0 Å². The fraction of sp³-hybridized carbons (Fsp3) is 0.529. The lowest BCUT2D eigenvalue weighted by Crippen LogP contribution is -2.41. The van der Waals surface area contributed by atoms with Gasteiger partial charge in [-0.25, -0.2) is 4.68 Å². The normalized spacial score (nSPS) is 18.6. The minimum Gasteiger partial charge on any atom is -0.353 e. The summed E-state index contributed by atoms with van der Waals surface area (Å²) < 4.78 is 1.11. The number of carbonyl (C=O) groups is 1. The van der Waals surface area contributed by atoms with E-state index in [1.54, 1.807) is 24.3 Å². The Morgan fingerprint density at radius 3 is 3.04 bits per heavy atom. The first-order valence-corrected chi connectivity index (χ1v) is 8.45. The fourth-order valence-electron chi connectivity index (χ4n) is 3.16. The number of hydrogen-bond donors (Lipinski definition) is 1. The van der Waals surface area contributed by atoms with E-state index in [0.717, 1.165) is 30.2 Å². The van der Waals surface area contributed by atoms with E-state index in [2.05, 4.69) is 27.5 Å². The van der Waals surface area contributed by atoms with E-state index in [0.29, 0.717) is 17.4 Å². The zero-order valence-electron chi connectivity index (χ0n) is 13.9. The molecule has 3 rings (SSSR count). The molecule has 0 saturated carbocycles. The number of hydrogen-bond acceptors (Lipinski definition) is 5. The summed E-state index contributed by atoms with van der Waals surface area (Å²) in [5.74, 6) is 0.507. The standard InChI is InChI=1S/C17H23N5O2/c1-13-5-4-9-21(11-13)10-8-18-16(23)12-22-17(24)14-6-2-3-7-15(14)19-20-22/h2-3,6-7,13H,4-5,8-12H2,1H3,(H,18,23). The van der Waals surface area contributed by atoms with Gasteiger partial charge in [-0.05, 0) is 37.4 Å². The van der Waals surface area contributed by atoms with Crippen LogP contribution in [0.5, 0.6) is 0 Å². The van der Waals surface area contributed by atoms with Crippen LogP contribution in [0.3, 0.4) is 0 Å². The van der Waals surface area contributed by atoms with Gasteiger partial charge in [-0.3, -0.25) is 9.59 Å². The van der Waals surface area contributed by atoms with Crippen molar-refractivity contribution < 1.29 is 4.79 Å². The second kappa shape index (κ2) is 7.53. The van der Waals surface area contributed by atoms with Gasteiger partial charge in [0.15, 0.2) is 0 Å². The van der Waals surface area contributed by atoms with Crippen molar-refractivity contribution in [2.24, 2.45) is 5.92 Å². The molecule has 1 aromatic carbocycles. The van der Waals surface area contributed by atoms with Crippen molar-refractivity contribution in [3.8, 4) is 0 Å². The van der Waals surface area contributed by atoms with Gasteiger partial charge in [-0.15, -0.1) is 5.10 Å². The first kappa shape index (κ1) is 16.6. The largest absolute Gasteiger partial charge is 0.353 e. The number of likely N-dealkylation sites (tertiary alicyclic amines) is 1. The minimum absolute atomic E-state index is 0.104. The Balaban J connectivity index is 1.53. The molecule has 0 radical (unpaired) electrons. The molecule has 0 spiro atoms. The molecule has 2 aromatic rings. The van der Waals surface area contributed by atoms with E-state index < -0.39 is 0 Å². The number of benzene rings is 1. The molecule has 0 aliphatic carbocycles. The third-order valence-corrected chi connectivity index (χ3v) is 4.41. The molecule has 0 bridgehead atoms. The van der Waals surface area contributed by atoms with Crippen molar-refractivity contribution in [3.05, 3.63) is 34.6 Å². The molecule has 128 valence electrons. The van der Waals surface area contributed by atoms with Crippen LogP contribution >= 0.6 is 0 Å². The second-order valence-electron chi connectivity index (χ2n) is 6.47. The molecule has 1 aliphatic heterocycles. The molecular weight excluding hydrogens is 306 g/mol. The predicted molar refractivity (Wildman–Crippen MR) is 91.6 cm³/mol. The molecule has 24 heavy (non-hydrogen) atoms. The Kier molecular flexibility index (Phi) is 5.20. The van der Waals surface area contributed by atoms with E-state index >= 15 is 0 Å². The summed E-state index contributed by atoms with van der Waals surface area (Å²) in [6.45, 7) is 5.76. The van der Waals surface area contributed by atoms with Gasteiger partial charge in [0.2, 0.25) is 5.91 Å². The topological polar surface area (TPSA) is 80.1 Å². The van der Waals surface area contributed by atoms with Crippen molar-refractivity contribution in [2.45, 2.75) is 26.3 Å². The van der Waals surface area contributed by atoms with Crippen molar-refractivity contribution in [1.29, 1.82) is 0 Å². The van der Waals surface area contributed by atoms with Gasteiger partial charge < -0.3 is 10.2 Å². The van der Waals surface area contributed by atoms with Crippen LogP contribution in [0, 0.1) is 5.92 Å². The Hall–Kier alpha value is -2.28. The summed E-state index contributed by atoms with van der Waals surface area (Å²) in [5.41, 5.74) is 0.249. The molecule has 1 unspecified atom stereocenters. The summed E-state index contributed by atoms with van der Waals surface area (Å²) in [6, 6.07) is 7.00. The molecule has 7 heteroatoms. The van der Waals surface area contributed by atoms with Crippen LogP contribution in [-0.2, 0) is 11.3 Å². The van der Waals surface area contributed by atoms with Gasteiger partial charge in [-0.1, -0.05) is 24.3 Å². The fourth-order valence-corrected chi connectivity index (χ4v) is 3.16. The lowest BCUT2D eigenvalue weighted by Gasteiger charge is -2.30. The number of fused-ring (bicyclic) bond motifs is 1. The molecule has 1 amide bonds. The van der Waals surface area contributed by atoms with Crippen LogP contribution < -0.4 is 10.9 Å². The molecule has 1 fully saturated rings. The molecule has 1 saturated heterocycles. The summed E-state index contributed by atoms with van der Waals surface area (Å²) in [4.78, 5) is 26.7. The maximum absolute atomic E-state index is 12.3. The monoisotopic (exact) mass is 329 g/mol. The first-order chi connectivity index (χ1) is 11.6. The van der Waals surface area contributed by atoms with Crippen molar-refractivity contribution in [3.63, 3.8) is 0 Å². The molecular formula is C17H23N5O2. The lowest BCUT2D eigenvalue weighted by molar-refractivity contribution is -0.122. The zero-order chi connectivity index (χ0) is 16.9. The molecule has 1 aliphatic rings. The van der Waals surface area contributed by atoms with Gasteiger partial charge in [-0.2, -0.15) is 0 Å². The molecule has 1 aromatic heterocycles. The number of nitrogens with one attached hydrogen (secondary N) is 1. The average Bonchev–Trinajstić information content (AvgIpc) is 2.58. The quantitative estimate of drug-likeness (QED) is 0.871. The van der Waals surface area contributed by atoms with E-state index in [-0.39, 0.29) is 18.0 Å². The Morgan fingerprint density at radius 2 is 2.21 bits per heavy atom. The highest BCUT2D eigenvalue weighted by atomic mass is 16.2. The smallest absolute Gasteiger partial charge is 0.278 e. The van der Waals surface area contributed by atoms with Crippen LogP contribution in [-0.4, -0.2) is 52.0 Å². The summed E-state index contributed by atoms with van der Waals surface area (Å²) in [7, 11) is 0. The second-order valence-corrected chi connectivity index (χ2v) is 6.47. The minimum atomic E-state index is -0.291. The van der Waals surface area contributed by atoms with Crippen LogP contribution in [0.2, 0.25) is 0 Å². The number of carbonyl (C=O) groups excluding carboxylic acids is 1. The number of amides is 1. The summed E-state index contributed by atoms with van der Waals surface area (Å²) >= 11 is 0.